The van der Waals surface area contributed by atoms with E-state index in [9.17, 15) is 4.79 Å². The van der Waals surface area contributed by atoms with Gasteiger partial charge in [-0.25, -0.2) is 0 Å². The van der Waals surface area contributed by atoms with Gasteiger partial charge in [0.25, 0.3) is 0 Å². The number of benzene rings is 1. The minimum absolute atomic E-state index is 0.180. The molecule has 1 aromatic rings. The highest BCUT2D eigenvalue weighted by atomic mass is 16.5. The van der Waals surface area contributed by atoms with E-state index in [-0.39, 0.29) is 5.97 Å². The molecule has 4 nitrogen and oxygen atoms in total. The molecule has 0 aliphatic carbocycles. The molecule has 2 N–H and O–H groups in total. The fourth-order valence-electron chi connectivity index (χ4n) is 1.14. The third-order valence-corrected chi connectivity index (χ3v) is 2.00. The summed E-state index contributed by atoms with van der Waals surface area (Å²) >= 11 is 0. The van der Waals surface area contributed by atoms with E-state index in [1.165, 1.54) is 20.6 Å². The third-order valence-electron chi connectivity index (χ3n) is 2.00. The van der Waals surface area contributed by atoms with Crippen LogP contribution in [0.25, 0.3) is 0 Å². The first kappa shape index (κ1) is 19.8. The molecule has 0 heterocycles. The summed E-state index contributed by atoms with van der Waals surface area (Å²) in [4.78, 5) is 10.9. The maximum atomic E-state index is 10.9. The SMILES string of the molecule is CCC.CN.COC(=O)CCc1ccc(OC)cc1. The lowest BCUT2D eigenvalue weighted by Gasteiger charge is -2.02. The molecule has 0 bridgehead atoms. The van der Waals surface area contributed by atoms with Crippen molar-refractivity contribution in [3.63, 3.8) is 0 Å². The first-order valence-corrected chi connectivity index (χ1v) is 6.45. The summed E-state index contributed by atoms with van der Waals surface area (Å²) in [5, 5.41) is 0. The van der Waals surface area contributed by atoms with Crippen LogP contribution in [0.2, 0.25) is 0 Å². The average Bonchev–Trinajstić information content (AvgIpc) is 2.48. The van der Waals surface area contributed by atoms with Gasteiger partial charge in [-0.2, -0.15) is 0 Å². The molecule has 4 heteroatoms. The minimum atomic E-state index is -0.180. The van der Waals surface area contributed by atoms with Crippen LogP contribution in [0.1, 0.15) is 32.3 Å². The predicted molar refractivity (Wildman–Crippen MR) is 79.4 cm³/mol. The summed E-state index contributed by atoms with van der Waals surface area (Å²) in [5.74, 6) is 0.646. The molecule has 0 aromatic heterocycles. The Morgan fingerprint density at radius 2 is 1.58 bits per heavy atom. The number of carbonyl (C=O) groups excluding carboxylic acids is 1. The van der Waals surface area contributed by atoms with E-state index >= 15 is 0 Å². The number of aryl methyl sites for hydroxylation is 1. The molecule has 0 saturated carbocycles. The zero-order valence-corrected chi connectivity index (χ0v) is 12.7. The maximum Gasteiger partial charge on any atom is 0.305 e. The van der Waals surface area contributed by atoms with E-state index in [4.69, 9.17) is 4.74 Å². The molecular formula is C15H27NO3. The van der Waals surface area contributed by atoms with Gasteiger partial charge in [-0.3, -0.25) is 4.79 Å². The van der Waals surface area contributed by atoms with Crippen molar-refractivity contribution in [3.05, 3.63) is 29.8 Å². The number of esters is 1. The highest BCUT2D eigenvalue weighted by Crippen LogP contribution is 2.12. The van der Waals surface area contributed by atoms with Crippen molar-refractivity contribution in [1.82, 2.24) is 0 Å². The van der Waals surface area contributed by atoms with E-state index < -0.39 is 0 Å². The van der Waals surface area contributed by atoms with Crippen LogP contribution in [-0.2, 0) is 16.0 Å². The fourth-order valence-corrected chi connectivity index (χ4v) is 1.14. The Morgan fingerprint density at radius 1 is 1.11 bits per heavy atom. The van der Waals surface area contributed by atoms with Gasteiger partial charge in [0.15, 0.2) is 0 Å². The number of hydrogen-bond donors (Lipinski definition) is 1. The van der Waals surface area contributed by atoms with E-state index in [1.807, 2.05) is 24.3 Å². The molecule has 0 unspecified atom stereocenters. The Hall–Kier alpha value is -1.55. The van der Waals surface area contributed by atoms with Crippen LogP contribution >= 0.6 is 0 Å². The normalized spacial score (nSPS) is 8.32. The van der Waals surface area contributed by atoms with Gasteiger partial charge in [0.05, 0.1) is 14.2 Å². The number of rotatable bonds is 4. The summed E-state index contributed by atoms with van der Waals surface area (Å²) in [6, 6.07) is 7.66. The van der Waals surface area contributed by atoms with Crippen molar-refractivity contribution in [2.24, 2.45) is 5.73 Å². The molecule has 0 spiro atoms. The molecule has 0 aliphatic heterocycles. The van der Waals surface area contributed by atoms with E-state index in [2.05, 4.69) is 24.3 Å². The molecule has 110 valence electrons. The minimum Gasteiger partial charge on any atom is -0.497 e. The zero-order valence-electron chi connectivity index (χ0n) is 12.7. The van der Waals surface area contributed by atoms with E-state index in [0.717, 1.165) is 11.3 Å². The Labute approximate surface area is 116 Å². The standard InChI is InChI=1S/C11H14O3.C3H8.CH5N/c1-13-10-6-3-9(4-7-10)5-8-11(12)14-2;1-3-2;1-2/h3-4,6-7H,5,8H2,1-2H3;3H2,1-2H3;2H2,1H3. The molecule has 0 saturated heterocycles. The number of methoxy groups -OCH3 is 2. The van der Waals surface area contributed by atoms with Crippen LogP contribution in [0.4, 0.5) is 0 Å². The lowest BCUT2D eigenvalue weighted by Crippen LogP contribution is -2.01. The predicted octanol–water partition coefficient (Wildman–Crippen LogP) is 2.79. The molecule has 1 aromatic carbocycles. The molecular weight excluding hydrogens is 242 g/mol. The van der Waals surface area contributed by atoms with Crippen LogP contribution in [0.5, 0.6) is 5.75 Å². The quantitative estimate of drug-likeness (QED) is 0.854. The van der Waals surface area contributed by atoms with Crippen molar-refractivity contribution >= 4 is 5.97 Å². The van der Waals surface area contributed by atoms with Gasteiger partial charge in [-0.05, 0) is 31.2 Å². The van der Waals surface area contributed by atoms with Crippen molar-refractivity contribution in [2.75, 3.05) is 21.3 Å². The molecule has 1 rings (SSSR count). The van der Waals surface area contributed by atoms with Crippen LogP contribution in [0.15, 0.2) is 24.3 Å². The first-order chi connectivity index (χ1) is 9.17. The second kappa shape index (κ2) is 14.5. The number of ether oxygens (including phenoxy) is 2. The highest BCUT2D eigenvalue weighted by Gasteiger charge is 2.01. The van der Waals surface area contributed by atoms with Crippen molar-refractivity contribution in [1.29, 1.82) is 0 Å². The van der Waals surface area contributed by atoms with Gasteiger partial charge < -0.3 is 15.2 Å². The molecule has 0 aliphatic rings. The average molecular weight is 269 g/mol. The van der Waals surface area contributed by atoms with Crippen LogP contribution < -0.4 is 10.5 Å². The second-order valence-corrected chi connectivity index (χ2v) is 3.63. The van der Waals surface area contributed by atoms with Crippen molar-refractivity contribution in [3.8, 4) is 5.75 Å². The number of carbonyl (C=O) groups is 1. The van der Waals surface area contributed by atoms with Gasteiger partial charge in [0.1, 0.15) is 5.75 Å². The lowest BCUT2D eigenvalue weighted by molar-refractivity contribution is -0.140. The Bertz CT molecular complexity index is 310. The van der Waals surface area contributed by atoms with Gasteiger partial charge in [0.2, 0.25) is 0 Å². The largest absolute Gasteiger partial charge is 0.497 e. The summed E-state index contributed by atoms with van der Waals surface area (Å²) in [6.07, 6.45) is 2.37. The van der Waals surface area contributed by atoms with Gasteiger partial charge in [-0.1, -0.05) is 32.4 Å². The summed E-state index contributed by atoms with van der Waals surface area (Å²) in [5.41, 5.74) is 5.61. The number of hydrogen-bond acceptors (Lipinski definition) is 4. The Kier molecular flexibility index (Phi) is 15.1. The zero-order chi connectivity index (χ0) is 15.1. The lowest BCUT2D eigenvalue weighted by atomic mass is 10.1. The molecule has 0 radical (unpaired) electrons. The van der Waals surface area contributed by atoms with E-state index in [0.29, 0.717) is 12.8 Å². The fraction of sp³-hybridized carbons (Fsp3) is 0.533. The van der Waals surface area contributed by atoms with Crippen LogP contribution in [0.3, 0.4) is 0 Å². The summed E-state index contributed by atoms with van der Waals surface area (Å²) in [7, 11) is 4.53. The summed E-state index contributed by atoms with van der Waals surface area (Å²) in [6.45, 7) is 4.25. The topological polar surface area (TPSA) is 61.5 Å². The summed E-state index contributed by atoms with van der Waals surface area (Å²) < 4.78 is 9.58. The van der Waals surface area contributed by atoms with Gasteiger partial charge in [0, 0.05) is 6.42 Å². The van der Waals surface area contributed by atoms with Gasteiger partial charge >= 0.3 is 5.97 Å². The van der Waals surface area contributed by atoms with Gasteiger partial charge in [-0.15, -0.1) is 0 Å². The van der Waals surface area contributed by atoms with Crippen molar-refractivity contribution < 1.29 is 14.3 Å². The maximum absolute atomic E-state index is 10.9. The monoisotopic (exact) mass is 269 g/mol. The first-order valence-electron chi connectivity index (χ1n) is 6.45. The highest BCUT2D eigenvalue weighted by molar-refractivity contribution is 5.69. The third kappa shape index (κ3) is 11.3. The van der Waals surface area contributed by atoms with Crippen LogP contribution in [-0.4, -0.2) is 27.2 Å². The molecule has 0 amide bonds. The smallest absolute Gasteiger partial charge is 0.305 e. The Morgan fingerprint density at radius 3 is 1.95 bits per heavy atom. The Balaban J connectivity index is 0. The number of nitrogens with two attached hydrogens (primary N) is 1. The molecule has 0 fully saturated rings. The molecule has 19 heavy (non-hydrogen) atoms. The molecule has 0 atom stereocenters. The second-order valence-electron chi connectivity index (χ2n) is 3.63. The van der Waals surface area contributed by atoms with Crippen molar-refractivity contribution in [2.45, 2.75) is 33.1 Å². The van der Waals surface area contributed by atoms with Crippen LogP contribution in [0, 0.1) is 0 Å². The van der Waals surface area contributed by atoms with E-state index in [1.54, 1.807) is 7.11 Å².